The molecule has 0 aromatic carbocycles. The van der Waals surface area contributed by atoms with Gasteiger partial charge in [-0.25, -0.2) is 4.79 Å². The Labute approximate surface area is 141 Å². The van der Waals surface area contributed by atoms with E-state index < -0.39 is 0 Å². The summed E-state index contributed by atoms with van der Waals surface area (Å²) in [7, 11) is 1.78. The van der Waals surface area contributed by atoms with Gasteiger partial charge < -0.3 is 4.90 Å². The lowest BCUT2D eigenvalue weighted by molar-refractivity contribution is -0.133. The molecule has 0 bridgehead atoms. The van der Waals surface area contributed by atoms with E-state index in [0.717, 1.165) is 38.5 Å². The Kier molecular flexibility index (Phi) is 8.35. The highest BCUT2D eigenvalue weighted by Gasteiger charge is 2.43. The second-order valence-corrected chi connectivity index (χ2v) is 6.85. The molecule has 0 spiro atoms. The highest BCUT2D eigenvalue weighted by Crippen LogP contribution is 2.27. The highest BCUT2D eigenvalue weighted by atomic mass is 16.2. The fraction of sp³-hybridized carbons (Fsp3) is 0.789. The molecule has 0 aliphatic carbocycles. The van der Waals surface area contributed by atoms with E-state index in [9.17, 15) is 9.59 Å². The van der Waals surface area contributed by atoms with Crippen LogP contribution in [0.1, 0.15) is 72.1 Å². The minimum absolute atomic E-state index is 0.00972. The number of amides is 3. The van der Waals surface area contributed by atoms with Gasteiger partial charge in [-0.1, -0.05) is 38.7 Å². The van der Waals surface area contributed by atoms with Gasteiger partial charge in [-0.15, -0.1) is 6.58 Å². The van der Waals surface area contributed by atoms with E-state index in [4.69, 9.17) is 0 Å². The number of hydrogen-bond donors (Lipinski definition) is 0. The SMILES string of the molecule is C=CCCCCCCC(CCC)C(=O)N1C(=O)N(C)C(C)C1C. The van der Waals surface area contributed by atoms with E-state index in [1.807, 2.05) is 19.9 Å². The van der Waals surface area contributed by atoms with Gasteiger partial charge in [-0.05, 0) is 39.5 Å². The molecule has 4 nitrogen and oxygen atoms in total. The van der Waals surface area contributed by atoms with E-state index in [1.54, 1.807) is 11.9 Å². The molecule has 0 aromatic rings. The average molecular weight is 322 g/mol. The Morgan fingerprint density at radius 2 is 1.83 bits per heavy atom. The third-order valence-corrected chi connectivity index (χ3v) is 5.16. The first-order valence-corrected chi connectivity index (χ1v) is 9.16. The minimum atomic E-state index is -0.137. The first kappa shape index (κ1) is 19.7. The maximum absolute atomic E-state index is 12.9. The summed E-state index contributed by atoms with van der Waals surface area (Å²) in [6, 6.07) is -0.0818. The van der Waals surface area contributed by atoms with Crippen LogP contribution in [0.3, 0.4) is 0 Å². The lowest BCUT2D eigenvalue weighted by Gasteiger charge is -2.25. The molecule has 0 radical (unpaired) electrons. The second kappa shape index (κ2) is 9.74. The molecular weight excluding hydrogens is 288 g/mol. The van der Waals surface area contributed by atoms with Crippen LogP contribution in [0.25, 0.3) is 0 Å². The van der Waals surface area contributed by atoms with Crippen molar-refractivity contribution in [1.29, 1.82) is 0 Å². The topological polar surface area (TPSA) is 40.6 Å². The zero-order valence-electron chi connectivity index (χ0n) is 15.4. The van der Waals surface area contributed by atoms with Crippen molar-refractivity contribution in [2.24, 2.45) is 5.92 Å². The van der Waals surface area contributed by atoms with Gasteiger partial charge in [0.15, 0.2) is 0 Å². The number of unbranched alkanes of at least 4 members (excludes halogenated alkanes) is 4. The standard InChI is InChI=1S/C19H34N2O2/c1-6-8-9-10-11-12-14-17(13-7-2)18(22)21-16(4)15(3)20(5)19(21)23/h6,15-17H,1,7-14H2,2-5H3. The van der Waals surface area contributed by atoms with Crippen molar-refractivity contribution in [2.75, 3.05) is 7.05 Å². The van der Waals surface area contributed by atoms with Crippen LogP contribution in [-0.2, 0) is 4.79 Å². The molecule has 4 heteroatoms. The van der Waals surface area contributed by atoms with Crippen LogP contribution in [0.5, 0.6) is 0 Å². The number of nitrogens with zero attached hydrogens (tertiary/aromatic N) is 2. The molecule has 3 atom stereocenters. The summed E-state index contributed by atoms with van der Waals surface area (Å²) in [6.07, 6.45) is 10.4. The molecule has 0 saturated carbocycles. The fourth-order valence-electron chi connectivity index (χ4n) is 3.32. The number of urea groups is 1. The Bertz CT molecular complexity index is 408. The zero-order valence-corrected chi connectivity index (χ0v) is 15.4. The molecule has 3 amide bonds. The normalized spacial score (nSPS) is 22.5. The van der Waals surface area contributed by atoms with E-state index in [0.29, 0.717) is 0 Å². The summed E-state index contributed by atoms with van der Waals surface area (Å²) in [5.41, 5.74) is 0. The van der Waals surface area contributed by atoms with Crippen LogP contribution in [0, 0.1) is 5.92 Å². The molecule has 0 aromatic heterocycles. The molecular formula is C19H34N2O2. The van der Waals surface area contributed by atoms with Crippen LogP contribution < -0.4 is 0 Å². The van der Waals surface area contributed by atoms with Crippen molar-refractivity contribution in [1.82, 2.24) is 9.80 Å². The molecule has 23 heavy (non-hydrogen) atoms. The van der Waals surface area contributed by atoms with E-state index in [2.05, 4.69) is 13.5 Å². The lowest BCUT2D eigenvalue weighted by atomic mass is 9.94. The van der Waals surface area contributed by atoms with Gasteiger partial charge in [-0.3, -0.25) is 9.69 Å². The first-order valence-electron chi connectivity index (χ1n) is 9.16. The maximum atomic E-state index is 12.9. The van der Waals surface area contributed by atoms with Crippen LogP contribution in [0.2, 0.25) is 0 Å². The molecule has 1 heterocycles. The van der Waals surface area contributed by atoms with Crippen molar-refractivity contribution < 1.29 is 9.59 Å². The average Bonchev–Trinajstić information content (AvgIpc) is 2.72. The Morgan fingerprint density at radius 3 is 2.35 bits per heavy atom. The summed E-state index contributed by atoms with van der Waals surface area (Å²) in [6.45, 7) is 9.82. The predicted molar refractivity (Wildman–Crippen MR) is 95.2 cm³/mol. The predicted octanol–water partition coefficient (Wildman–Crippen LogP) is 4.60. The monoisotopic (exact) mass is 322 g/mol. The molecule has 132 valence electrons. The minimum Gasteiger partial charge on any atom is -0.323 e. The van der Waals surface area contributed by atoms with Crippen molar-refractivity contribution in [3.63, 3.8) is 0 Å². The summed E-state index contributed by atoms with van der Waals surface area (Å²) >= 11 is 0. The number of carbonyl (C=O) groups is 2. The molecule has 1 fully saturated rings. The number of allylic oxidation sites excluding steroid dienone is 1. The molecule has 1 rings (SSSR count). The summed E-state index contributed by atoms with van der Waals surface area (Å²) in [5.74, 6) is 0.0242. The van der Waals surface area contributed by atoms with E-state index in [1.165, 1.54) is 17.7 Å². The molecule has 1 saturated heterocycles. The van der Waals surface area contributed by atoms with Crippen LogP contribution >= 0.6 is 0 Å². The number of hydrogen-bond acceptors (Lipinski definition) is 2. The summed E-state index contributed by atoms with van der Waals surface area (Å²) in [5, 5.41) is 0. The van der Waals surface area contributed by atoms with Crippen molar-refractivity contribution >= 4 is 11.9 Å². The summed E-state index contributed by atoms with van der Waals surface area (Å²) in [4.78, 5) is 28.4. The number of rotatable bonds is 10. The second-order valence-electron chi connectivity index (χ2n) is 6.85. The first-order chi connectivity index (χ1) is 11.0. The smallest absolute Gasteiger partial charge is 0.323 e. The van der Waals surface area contributed by atoms with Crippen molar-refractivity contribution in [2.45, 2.75) is 84.2 Å². The van der Waals surface area contributed by atoms with Crippen LogP contribution in [-0.4, -0.2) is 40.9 Å². The molecule has 1 aliphatic rings. The van der Waals surface area contributed by atoms with E-state index >= 15 is 0 Å². The lowest BCUT2D eigenvalue weighted by Crippen LogP contribution is -2.42. The van der Waals surface area contributed by atoms with Crippen molar-refractivity contribution in [3.8, 4) is 0 Å². The van der Waals surface area contributed by atoms with Gasteiger partial charge in [0.05, 0.1) is 12.1 Å². The Morgan fingerprint density at radius 1 is 1.17 bits per heavy atom. The van der Waals surface area contributed by atoms with Gasteiger partial charge in [0.1, 0.15) is 0 Å². The number of imide groups is 1. The largest absolute Gasteiger partial charge is 0.327 e. The maximum Gasteiger partial charge on any atom is 0.327 e. The van der Waals surface area contributed by atoms with Gasteiger partial charge >= 0.3 is 6.03 Å². The van der Waals surface area contributed by atoms with Crippen molar-refractivity contribution in [3.05, 3.63) is 12.7 Å². The Balaban J connectivity index is 2.57. The quantitative estimate of drug-likeness (QED) is 0.435. The van der Waals surface area contributed by atoms with Gasteiger partial charge in [0.25, 0.3) is 0 Å². The Hall–Kier alpha value is -1.32. The van der Waals surface area contributed by atoms with Crippen LogP contribution in [0.15, 0.2) is 12.7 Å². The van der Waals surface area contributed by atoms with Gasteiger partial charge in [-0.2, -0.15) is 0 Å². The van der Waals surface area contributed by atoms with Crippen LogP contribution in [0.4, 0.5) is 4.79 Å². The zero-order chi connectivity index (χ0) is 17.4. The van der Waals surface area contributed by atoms with E-state index in [-0.39, 0.29) is 29.9 Å². The third-order valence-electron chi connectivity index (χ3n) is 5.16. The van der Waals surface area contributed by atoms with Gasteiger partial charge in [0.2, 0.25) is 5.91 Å². The highest BCUT2D eigenvalue weighted by molar-refractivity contribution is 5.97. The fourth-order valence-corrected chi connectivity index (χ4v) is 3.32. The van der Waals surface area contributed by atoms with Gasteiger partial charge in [0, 0.05) is 13.0 Å². The molecule has 0 N–H and O–H groups in total. The summed E-state index contributed by atoms with van der Waals surface area (Å²) < 4.78 is 0. The third kappa shape index (κ3) is 5.08. The number of likely N-dealkylation sites (N-methyl/N-ethyl adjacent to an activating group) is 1. The number of carbonyl (C=O) groups excluding carboxylic acids is 2. The molecule has 1 aliphatic heterocycles. The molecule has 3 unspecified atom stereocenters.